The Bertz CT molecular complexity index is 417. The van der Waals surface area contributed by atoms with E-state index in [9.17, 15) is 4.79 Å². The summed E-state index contributed by atoms with van der Waals surface area (Å²) in [7, 11) is 0. The van der Waals surface area contributed by atoms with Crippen LogP contribution in [0.15, 0.2) is 24.3 Å². The van der Waals surface area contributed by atoms with Crippen LogP contribution in [0, 0.1) is 5.92 Å². The van der Waals surface area contributed by atoms with Crippen molar-refractivity contribution in [3.8, 4) is 0 Å². The second-order valence-corrected chi connectivity index (χ2v) is 5.11. The molecule has 0 aliphatic heterocycles. The van der Waals surface area contributed by atoms with Gasteiger partial charge in [-0.25, -0.2) is 0 Å². The molecule has 0 bridgehead atoms. The Morgan fingerprint density at radius 1 is 1.50 bits per heavy atom. The molecule has 0 heterocycles. The van der Waals surface area contributed by atoms with E-state index in [-0.39, 0.29) is 18.0 Å². The summed E-state index contributed by atoms with van der Waals surface area (Å²) in [6, 6.07) is 8.24. The second-order valence-electron chi connectivity index (χ2n) is 5.11. The lowest BCUT2D eigenvalue weighted by atomic mass is 9.89. The Morgan fingerprint density at radius 3 is 3.06 bits per heavy atom. The van der Waals surface area contributed by atoms with Crippen molar-refractivity contribution in [1.82, 2.24) is 0 Å². The molecule has 2 atom stereocenters. The first-order valence-electron chi connectivity index (χ1n) is 6.68. The van der Waals surface area contributed by atoms with E-state index in [0.717, 1.165) is 19.3 Å². The van der Waals surface area contributed by atoms with E-state index in [0.29, 0.717) is 13.0 Å². The van der Waals surface area contributed by atoms with Gasteiger partial charge in [-0.1, -0.05) is 31.2 Å². The predicted octanol–water partition coefficient (Wildman–Crippen LogP) is 2.59. The van der Waals surface area contributed by atoms with Crippen molar-refractivity contribution in [3.05, 3.63) is 35.4 Å². The van der Waals surface area contributed by atoms with Crippen molar-refractivity contribution in [2.24, 2.45) is 11.7 Å². The fourth-order valence-electron chi connectivity index (χ4n) is 2.41. The van der Waals surface area contributed by atoms with Gasteiger partial charge in [-0.15, -0.1) is 0 Å². The van der Waals surface area contributed by atoms with Crippen LogP contribution in [-0.2, 0) is 16.0 Å². The Hall–Kier alpha value is -1.35. The molecule has 0 amide bonds. The van der Waals surface area contributed by atoms with Gasteiger partial charge in [-0.05, 0) is 42.9 Å². The first kappa shape index (κ1) is 13.1. The minimum Gasteiger partial charge on any atom is -0.457 e. The number of hydrogen-bond donors (Lipinski definition) is 1. The molecule has 0 fully saturated rings. The van der Waals surface area contributed by atoms with Gasteiger partial charge in [-0.2, -0.15) is 0 Å². The molecule has 0 radical (unpaired) electrons. The van der Waals surface area contributed by atoms with Crippen LogP contribution < -0.4 is 5.73 Å². The Balaban J connectivity index is 2.01. The van der Waals surface area contributed by atoms with Gasteiger partial charge in [0.25, 0.3) is 0 Å². The van der Waals surface area contributed by atoms with Crippen molar-refractivity contribution in [3.63, 3.8) is 0 Å². The first-order chi connectivity index (χ1) is 8.70. The molecule has 0 aromatic heterocycles. The highest BCUT2D eigenvalue weighted by molar-refractivity contribution is 5.70. The number of nitrogens with two attached hydrogens (primary N) is 1. The van der Waals surface area contributed by atoms with E-state index in [1.165, 1.54) is 11.1 Å². The highest BCUT2D eigenvalue weighted by atomic mass is 16.5. The molecule has 2 N–H and O–H groups in total. The number of hydrogen-bond acceptors (Lipinski definition) is 3. The Kier molecular flexibility index (Phi) is 4.37. The zero-order valence-corrected chi connectivity index (χ0v) is 10.9. The summed E-state index contributed by atoms with van der Waals surface area (Å²) in [4.78, 5) is 11.8. The number of carbonyl (C=O) groups is 1. The number of carbonyl (C=O) groups excluding carboxylic acids is 1. The van der Waals surface area contributed by atoms with E-state index >= 15 is 0 Å². The minimum atomic E-state index is -0.130. The topological polar surface area (TPSA) is 52.3 Å². The monoisotopic (exact) mass is 247 g/mol. The lowest BCUT2D eigenvalue weighted by molar-refractivity contribution is -0.151. The maximum Gasteiger partial charge on any atom is 0.306 e. The van der Waals surface area contributed by atoms with Gasteiger partial charge in [0.2, 0.25) is 0 Å². The van der Waals surface area contributed by atoms with Crippen LogP contribution in [0.2, 0.25) is 0 Å². The van der Waals surface area contributed by atoms with Crippen molar-refractivity contribution in [2.45, 2.75) is 38.7 Å². The molecule has 98 valence electrons. The molecule has 1 aliphatic rings. The number of aryl methyl sites for hydroxylation is 1. The van der Waals surface area contributed by atoms with Gasteiger partial charge in [0.05, 0.1) is 0 Å². The molecular formula is C15H21NO2. The Morgan fingerprint density at radius 2 is 2.28 bits per heavy atom. The molecule has 0 saturated heterocycles. The summed E-state index contributed by atoms with van der Waals surface area (Å²) in [6.07, 6.45) is 3.45. The number of benzene rings is 1. The van der Waals surface area contributed by atoms with Gasteiger partial charge in [0.1, 0.15) is 6.10 Å². The van der Waals surface area contributed by atoms with Gasteiger partial charge in [-0.3, -0.25) is 4.79 Å². The van der Waals surface area contributed by atoms with Crippen LogP contribution in [-0.4, -0.2) is 12.5 Å². The summed E-state index contributed by atoms with van der Waals surface area (Å²) in [5.74, 6) is 0.0611. The molecule has 1 aromatic carbocycles. The summed E-state index contributed by atoms with van der Waals surface area (Å²) < 4.78 is 5.60. The van der Waals surface area contributed by atoms with Crippen LogP contribution >= 0.6 is 0 Å². The average molecular weight is 247 g/mol. The lowest BCUT2D eigenvalue weighted by Crippen LogP contribution is -2.20. The van der Waals surface area contributed by atoms with Crippen LogP contribution in [0.25, 0.3) is 0 Å². The molecule has 1 aliphatic carbocycles. The van der Waals surface area contributed by atoms with E-state index in [1.54, 1.807) is 0 Å². The zero-order valence-electron chi connectivity index (χ0n) is 10.9. The lowest BCUT2D eigenvalue weighted by Gasteiger charge is -2.25. The quantitative estimate of drug-likeness (QED) is 0.832. The highest BCUT2D eigenvalue weighted by Gasteiger charge is 2.23. The van der Waals surface area contributed by atoms with Crippen molar-refractivity contribution in [1.29, 1.82) is 0 Å². The number of fused-ring (bicyclic) bond motifs is 1. The normalized spacial score (nSPS) is 20.0. The van der Waals surface area contributed by atoms with Crippen LogP contribution in [0.1, 0.15) is 43.4 Å². The average Bonchev–Trinajstić information content (AvgIpc) is 2.39. The van der Waals surface area contributed by atoms with E-state index in [1.807, 2.05) is 19.1 Å². The van der Waals surface area contributed by atoms with E-state index < -0.39 is 0 Å². The fourth-order valence-corrected chi connectivity index (χ4v) is 2.41. The van der Waals surface area contributed by atoms with E-state index in [2.05, 4.69) is 12.1 Å². The second kappa shape index (κ2) is 6.01. The molecule has 1 aromatic rings. The number of esters is 1. The van der Waals surface area contributed by atoms with Gasteiger partial charge in [0.15, 0.2) is 0 Å². The van der Waals surface area contributed by atoms with Crippen LogP contribution in [0.3, 0.4) is 0 Å². The molecule has 0 spiro atoms. The summed E-state index contributed by atoms with van der Waals surface area (Å²) in [6.45, 7) is 2.49. The molecule has 3 nitrogen and oxygen atoms in total. The van der Waals surface area contributed by atoms with E-state index in [4.69, 9.17) is 10.5 Å². The largest absolute Gasteiger partial charge is 0.457 e. The molecule has 2 rings (SSSR count). The van der Waals surface area contributed by atoms with Crippen molar-refractivity contribution < 1.29 is 9.53 Å². The predicted molar refractivity (Wildman–Crippen MR) is 71.0 cm³/mol. The number of rotatable bonds is 4. The van der Waals surface area contributed by atoms with Crippen molar-refractivity contribution in [2.75, 3.05) is 6.54 Å². The highest BCUT2D eigenvalue weighted by Crippen LogP contribution is 2.32. The maximum atomic E-state index is 11.8. The van der Waals surface area contributed by atoms with Crippen LogP contribution in [0.4, 0.5) is 0 Å². The van der Waals surface area contributed by atoms with Gasteiger partial charge >= 0.3 is 5.97 Å². The van der Waals surface area contributed by atoms with Crippen LogP contribution in [0.5, 0.6) is 0 Å². The first-order valence-corrected chi connectivity index (χ1v) is 6.68. The molecule has 3 heteroatoms. The SMILES string of the molecule is CC(CN)CC(=O)OC1CCCc2ccccc21. The summed E-state index contributed by atoms with van der Waals surface area (Å²) in [5, 5.41) is 0. The maximum absolute atomic E-state index is 11.8. The summed E-state index contributed by atoms with van der Waals surface area (Å²) in [5.41, 5.74) is 8.01. The third kappa shape index (κ3) is 3.10. The van der Waals surface area contributed by atoms with Gasteiger partial charge < -0.3 is 10.5 Å². The third-order valence-corrected chi connectivity index (χ3v) is 3.51. The van der Waals surface area contributed by atoms with Crippen molar-refractivity contribution >= 4 is 5.97 Å². The summed E-state index contributed by atoms with van der Waals surface area (Å²) >= 11 is 0. The zero-order chi connectivity index (χ0) is 13.0. The molecule has 2 unspecified atom stereocenters. The Labute approximate surface area is 108 Å². The standard InChI is InChI=1S/C15H21NO2/c1-11(10-16)9-15(17)18-14-8-4-6-12-5-2-3-7-13(12)14/h2-3,5,7,11,14H,4,6,8-10,16H2,1H3. The smallest absolute Gasteiger partial charge is 0.306 e. The molecule has 18 heavy (non-hydrogen) atoms. The fraction of sp³-hybridized carbons (Fsp3) is 0.533. The van der Waals surface area contributed by atoms with Gasteiger partial charge in [0, 0.05) is 6.42 Å². The molecule has 0 saturated carbocycles. The molecular weight excluding hydrogens is 226 g/mol. The number of ether oxygens (including phenoxy) is 1. The third-order valence-electron chi connectivity index (χ3n) is 3.51. The minimum absolute atomic E-state index is 0.0626.